The van der Waals surface area contributed by atoms with Gasteiger partial charge < -0.3 is 14.0 Å². The summed E-state index contributed by atoms with van der Waals surface area (Å²) in [6.45, 7) is 2.41. The van der Waals surface area contributed by atoms with E-state index in [4.69, 9.17) is 4.74 Å². The van der Waals surface area contributed by atoms with E-state index >= 15 is 0 Å². The van der Waals surface area contributed by atoms with E-state index in [2.05, 4.69) is 20.7 Å². The maximum atomic E-state index is 13.5. The minimum Gasteiger partial charge on any atom is -0.465 e. The standard InChI is InChI=1S/C20H17BrF3NO3/c1-13-11-15-16(25(13)12-14-7-4-3-5-8-14)9-6-10-17(15)28-19(21,18(26)27-2)20(22,23)24/h3-11H,12H2,1-2H3. The molecule has 0 aliphatic heterocycles. The van der Waals surface area contributed by atoms with E-state index in [9.17, 15) is 18.0 Å². The van der Waals surface area contributed by atoms with Crippen LogP contribution in [0.4, 0.5) is 13.2 Å². The van der Waals surface area contributed by atoms with Crippen molar-refractivity contribution in [2.45, 2.75) is 24.2 Å². The van der Waals surface area contributed by atoms with E-state index < -0.39 is 16.7 Å². The molecule has 148 valence electrons. The van der Waals surface area contributed by atoms with Crippen molar-refractivity contribution in [1.29, 1.82) is 0 Å². The van der Waals surface area contributed by atoms with Crippen LogP contribution in [0.15, 0.2) is 54.6 Å². The zero-order valence-corrected chi connectivity index (χ0v) is 16.7. The van der Waals surface area contributed by atoms with Gasteiger partial charge >= 0.3 is 16.7 Å². The van der Waals surface area contributed by atoms with Crippen LogP contribution in [-0.4, -0.2) is 28.3 Å². The van der Waals surface area contributed by atoms with E-state index in [1.165, 1.54) is 6.07 Å². The second-order valence-corrected chi connectivity index (χ2v) is 7.35. The van der Waals surface area contributed by atoms with Gasteiger partial charge in [-0.3, -0.25) is 0 Å². The quantitative estimate of drug-likeness (QED) is 0.392. The van der Waals surface area contributed by atoms with Crippen LogP contribution in [0.2, 0.25) is 0 Å². The van der Waals surface area contributed by atoms with Crippen LogP contribution in [0.3, 0.4) is 0 Å². The summed E-state index contributed by atoms with van der Waals surface area (Å²) in [6, 6.07) is 16.2. The van der Waals surface area contributed by atoms with Crippen molar-refractivity contribution in [2.24, 2.45) is 0 Å². The zero-order valence-electron chi connectivity index (χ0n) is 15.1. The van der Waals surface area contributed by atoms with E-state index in [0.717, 1.165) is 18.4 Å². The first-order valence-corrected chi connectivity index (χ1v) is 9.12. The Morgan fingerprint density at radius 2 is 1.79 bits per heavy atom. The Hall–Kier alpha value is -2.48. The fourth-order valence-corrected chi connectivity index (χ4v) is 3.29. The van der Waals surface area contributed by atoms with Crippen LogP contribution in [0.25, 0.3) is 10.9 Å². The maximum Gasteiger partial charge on any atom is 0.450 e. The number of hydrogen-bond donors (Lipinski definition) is 0. The third-order valence-electron chi connectivity index (χ3n) is 4.36. The Labute approximate surface area is 168 Å². The minimum atomic E-state index is -5.02. The van der Waals surface area contributed by atoms with Gasteiger partial charge in [0, 0.05) is 17.6 Å². The number of hydrogen-bond acceptors (Lipinski definition) is 3. The molecule has 0 radical (unpaired) electrons. The summed E-state index contributed by atoms with van der Waals surface area (Å²) in [5.74, 6) is -1.66. The van der Waals surface area contributed by atoms with E-state index in [-0.39, 0.29) is 5.75 Å². The summed E-state index contributed by atoms with van der Waals surface area (Å²) in [4.78, 5) is 11.8. The van der Waals surface area contributed by atoms with Crippen molar-refractivity contribution in [1.82, 2.24) is 4.57 Å². The Balaban J connectivity index is 2.06. The summed E-state index contributed by atoms with van der Waals surface area (Å²) in [5.41, 5.74) is 2.59. The topological polar surface area (TPSA) is 40.5 Å². The van der Waals surface area contributed by atoms with Crippen molar-refractivity contribution in [3.8, 4) is 5.75 Å². The molecule has 0 saturated heterocycles. The highest BCUT2D eigenvalue weighted by atomic mass is 79.9. The number of esters is 1. The Morgan fingerprint density at radius 3 is 2.39 bits per heavy atom. The number of halogens is 4. The fourth-order valence-electron chi connectivity index (χ4n) is 2.95. The number of fused-ring (bicyclic) bond motifs is 1. The van der Waals surface area contributed by atoms with Crippen molar-refractivity contribution in [3.05, 3.63) is 65.9 Å². The van der Waals surface area contributed by atoms with Crippen LogP contribution in [-0.2, 0) is 16.1 Å². The Bertz CT molecular complexity index is 1000. The highest BCUT2D eigenvalue weighted by Gasteiger charge is 2.63. The molecule has 1 heterocycles. The summed E-state index contributed by atoms with van der Waals surface area (Å²) < 4.78 is 48.7. The van der Waals surface area contributed by atoms with Gasteiger partial charge in [-0.25, -0.2) is 4.79 Å². The molecule has 1 unspecified atom stereocenters. The average molecular weight is 456 g/mol. The lowest BCUT2D eigenvalue weighted by Gasteiger charge is -2.28. The number of nitrogens with zero attached hydrogens (tertiary/aromatic N) is 1. The SMILES string of the molecule is COC(=O)C(Br)(Oc1cccc2c1cc(C)n2Cc1ccccc1)C(F)(F)F. The first-order chi connectivity index (χ1) is 13.2. The molecular weight excluding hydrogens is 439 g/mol. The van der Waals surface area contributed by atoms with E-state index in [1.807, 2.05) is 41.8 Å². The number of carbonyl (C=O) groups is 1. The lowest BCUT2D eigenvalue weighted by Crippen LogP contribution is -2.52. The summed E-state index contributed by atoms with van der Waals surface area (Å²) in [7, 11) is 0.870. The van der Waals surface area contributed by atoms with Crippen molar-refractivity contribution in [3.63, 3.8) is 0 Å². The monoisotopic (exact) mass is 455 g/mol. The van der Waals surface area contributed by atoms with Gasteiger partial charge in [0.05, 0.1) is 12.6 Å². The third-order valence-corrected chi connectivity index (χ3v) is 5.29. The summed E-state index contributed by atoms with van der Waals surface area (Å²) in [5, 5.41) is 0.466. The van der Waals surface area contributed by atoms with Gasteiger partial charge in [-0.2, -0.15) is 13.2 Å². The molecule has 0 saturated carbocycles. The normalized spacial score (nSPS) is 13.9. The van der Waals surface area contributed by atoms with Crippen LogP contribution < -0.4 is 4.74 Å². The fraction of sp³-hybridized carbons (Fsp3) is 0.250. The van der Waals surface area contributed by atoms with E-state index in [0.29, 0.717) is 17.4 Å². The lowest BCUT2D eigenvalue weighted by molar-refractivity contribution is -0.219. The first-order valence-electron chi connectivity index (χ1n) is 8.33. The molecule has 28 heavy (non-hydrogen) atoms. The molecule has 0 aliphatic carbocycles. The number of methoxy groups -OCH3 is 1. The molecule has 0 N–H and O–H groups in total. The smallest absolute Gasteiger partial charge is 0.450 e. The predicted molar refractivity (Wildman–Crippen MR) is 103 cm³/mol. The number of ether oxygens (including phenoxy) is 2. The van der Waals surface area contributed by atoms with Crippen LogP contribution >= 0.6 is 15.9 Å². The summed E-state index contributed by atoms with van der Waals surface area (Å²) in [6.07, 6.45) is -5.02. The number of rotatable bonds is 5. The molecule has 0 spiro atoms. The number of alkyl halides is 4. The minimum absolute atomic E-state index is 0.0768. The number of carbonyl (C=O) groups excluding carboxylic acids is 1. The molecule has 0 fully saturated rings. The van der Waals surface area contributed by atoms with Crippen molar-refractivity contribution < 1.29 is 27.4 Å². The predicted octanol–water partition coefficient (Wildman–Crippen LogP) is 5.20. The molecular formula is C20H17BrF3NO3. The highest BCUT2D eigenvalue weighted by molar-refractivity contribution is 9.10. The zero-order chi connectivity index (χ0) is 20.5. The second kappa shape index (κ2) is 7.50. The lowest BCUT2D eigenvalue weighted by atomic mass is 10.2. The third kappa shape index (κ3) is 3.61. The number of benzene rings is 2. The molecule has 0 aliphatic rings. The van der Waals surface area contributed by atoms with Crippen LogP contribution in [0.1, 0.15) is 11.3 Å². The van der Waals surface area contributed by atoms with E-state index in [1.54, 1.807) is 18.2 Å². The Kier molecular flexibility index (Phi) is 5.43. The molecule has 4 nitrogen and oxygen atoms in total. The van der Waals surface area contributed by atoms with Gasteiger partial charge in [0.1, 0.15) is 5.75 Å². The van der Waals surface area contributed by atoms with Gasteiger partial charge in [0.2, 0.25) is 0 Å². The molecule has 0 amide bonds. The van der Waals surface area contributed by atoms with Crippen molar-refractivity contribution >= 4 is 32.8 Å². The summed E-state index contributed by atoms with van der Waals surface area (Å²) >= 11 is 2.40. The molecule has 1 aromatic heterocycles. The molecule has 2 aromatic carbocycles. The van der Waals surface area contributed by atoms with Crippen LogP contribution in [0.5, 0.6) is 5.75 Å². The van der Waals surface area contributed by atoms with Gasteiger partial charge in [0.15, 0.2) is 0 Å². The molecule has 0 bridgehead atoms. The molecule has 8 heteroatoms. The molecule has 3 aromatic rings. The van der Waals surface area contributed by atoms with Crippen LogP contribution in [0, 0.1) is 6.92 Å². The molecule has 3 rings (SSSR count). The molecule has 1 atom stereocenters. The largest absolute Gasteiger partial charge is 0.465 e. The average Bonchev–Trinajstić information content (AvgIpc) is 2.97. The Morgan fingerprint density at radius 1 is 1.11 bits per heavy atom. The highest BCUT2D eigenvalue weighted by Crippen LogP contribution is 2.42. The van der Waals surface area contributed by atoms with Gasteiger partial charge in [-0.15, -0.1) is 0 Å². The number of aryl methyl sites for hydroxylation is 1. The maximum absolute atomic E-state index is 13.5. The second-order valence-electron chi connectivity index (χ2n) is 6.23. The van der Waals surface area contributed by atoms with Gasteiger partial charge in [0.25, 0.3) is 0 Å². The first kappa shape index (κ1) is 20.3. The van der Waals surface area contributed by atoms with Crippen molar-refractivity contribution in [2.75, 3.05) is 7.11 Å². The van der Waals surface area contributed by atoms with Gasteiger partial charge in [-0.05, 0) is 46.6 Å². The number of aromatic nitrogens is 1. The van der Waals surface area contributed by atoms with Gasteiger partial charge in [-0.1, -0.05) is 36.4 Å².